The number of hydrogen-bond acceptors (Lipinski definition) is 9. The minimum atomic E-state index is -1.10. The summed E-state index contributed by atoms with van der Waals surface area (Å²) in [6.07, 6.45) is 2.64. The molecule has 2 saturated heterocycles. The van der Waals surface area contributed by atoms with Crippen molar-refractivity contribution >= 4 is 52.1 Å². The van der Waals surface area contributed by atoms with E-state index in [9.17, 15) is 19.2 Å². The Bertz CT molecular complexity index is 2670. The van der Waals surface area contributed by atoms with E-state index in [-0.39, 0.29) is 82.6 Å². The Labute approximate surface area is 366 Å². The van der Waals surface area contributed by atoms with Crippen molar-refractivity contribution in [2.24, 2.45) is 18.7 Å². The molecule has 0 radical (unpaired) electrons. The van der Waals surface area contributed by atoms with Gasteiger partial charge < -0.3 is 30.2 Å². The lowest BCUT2D eigenvalue weighted by atomic mass is 9.77. The second-order valence-electron chi connectivity index (χ2n) is 16.7. The van der Waals surface area contributed by atoms with Gasteiger partial charge in [0.15, 0.2) is 23.0 Å². The summed E-state index contributed by atoms with van der Waals surface area (Å²) in [5, 5.41) is 11.0. The number of methoxy groups -OCH3 is 1. The van der Waals surface area contributed by atoms with Crippen LogP contribution in [-0.2, 0) is 22.2 Å². The normalized spacial score (nSPS) is 22.3. The van der Waals surface area contributed by atoms with E-state index in [1.165, 1.54) is 30.2 Å². The second-order valence-corrected chi connectivity index (χ2v) is 17.1. The van der Waals surface area contributed by atoms with Gasteiger partial charge in [0.05, 0.1) is 23.2 Å². The molecule has 2 atom stereocenters. The highest BCUT2D eigenvalue weighted by Crippen LogP contribution is 2.56. The van der Waals surface area contributed by atoms with Gasteiger partial charge in [-0.3, -0.25) is 29.3 Å². The van der Waals surface area contributed by atoms with Crippen molar-refractivity contribution in [3.8, 4) is 28.4 Å². The van der Waals surface area contributed by atoms with Crippen LogP contribution in [0.25, 0.3) is 22.0 Å². The summed E-state index contributed by atoms with van der Waals surface area (Å²) in [6, 6.07) is 18.4. The molecular formula is C46H46ClF2N7O7. The van der Waals surface area contributed by atoms with E-state index in [0.29, 0.717) is 55.9 Å². The molecule has 328 valence electrons. The molecule has 4 heterocycles. The minimum absolute atomic E-state index is 0.0221. The number of aryl methyl sites for hydroxylation is 1. The SMILES string of the molecule is COc1ccc(C(N)=O)c(-c2c(Cl)c(F)cc3c2C(C)C(CNC2CCN(C(=O)C4CC(Oc5ccc6c(N7CCC(=O)NC7=O)nn(C)c6c5)C4)CC2)(c2ccccc2)O3)c1F. The number of carbonyl (C=O) groups excluding carboxylic acids is 4. The number of fused-ring (bicyclic) bond motifs is 2. The van der Waals surface area contributed by atoms with E-state index in [2.05, 4.69) is 15.7 Å². The molecular weight excluding hydrogens is 836 g/mol. The number of nitrogens with one attached hydrogen (secondary N) is 2. The average molecular weight is 882 g/mol. The van der Waals surface area contributed by atoms with Crippen LogP contribution in [0.3, 0.4) is 0 Å². The van der Waals surface area contributed by atoms with Crippen LogP contribution in [0.1, 0.15) is 66.4 Å². The molecule has 0 spiro atoms. The van der Waals surface area contributed by atoms with Crippen LogP contribution in [0.15, 0.2) is 66.7 Å². The van der Waals surface area contributed by atoms with E-state index >= 15 is 8.78 Å². The van der Waals surface area contributed by atoms with Crippen LogP contribution < -0.4 is 35.5 Å². The number of primary amides is 1. The number of anilines is 1. The zero-order chi connectivity index (χ0) is 44.3. The third-order valence-corrected chi connectivity index (χ3v) is 13.4. The number of rotatable bonds is 11. The highest BCUT2D eigenvalue weighted by molar-refractivity contribution is 6.34. The van der Waals surface area contributed by atoms with Crippen molar-refractivity contribution in [1.29, 1.82) is 0 Å². The maximum absolute atomic E-state index is 16.2. The Hall–Kier alpha value is -6.26. The van der Waals surface area contributed by atoms with Crippen molar-refractivity contribution in [2.75, 3.05) is 38.2 Å². The first-order valence-electron chi connectivity index (χ1n) is 21.0. The molecule has 0 bridgehead atoms. The second kappa shape index (κ2) is 16.5. The van der Waals surface area contributed by atoms with E-state index in [0.717, 1.165) is 16.5 Å². The van der Waals surface area contributed by atoms with Gasteiger partial charge in [0, 0.05) is 91.7 Å². The Morgan fingerprint density at radius 2 is 1.78 bits per heavy atom. The van der Waals surface area contributed by atoms with Gasteiger partial charge in [-0.05, 0) is 55.5 Å². The van der Waals surface area contributed by atoms with Crippen molar-refractivity contribution in [2.45, 2.75) is 62.7 Å². The van der Waals surface area contributed by atoms with Crippen molar-refractivity contribution in [1.82, 2.24) is 25.3 Å². The van der Waals surface area contributed by atoms with Crippen molar-refractivity contribution < 1.29 is 42.2 Å². The fraction of sp³-hybridized carbons (Fsp3) is 0.370. The fourth-order valence-corrected chi connectivity index (χ4v) is 9.80. The number of aromatic nitrogens is 2. The number of halogens is 3. The predicted molar refractivity (Wildman–Crippen MR) is 230 cm³/mol. The smallest absolute Gasteiger partial charge is 0.329 e. The van der Waals surface area contributed by atoms with Gasteiger partial charge in [-0.2, -0.15) is 5.10 Å². The molecule has 9 rings (SSSR count). The standard InChI is InChI=1S/C46H46ClF2N7O7/c1-24-37-35(22-32(48)40(47)39(37)38-31(42(50)58)11-12-34(61-3)41(38)49)63-46(24,26-7-5-4-6-8-26)23-51-27-13-16-55(17-14-27)44(59)25-19-29(20-25)62-28-9-10-30-33(21-28)54(2)53-43(30)56-18-15-36(57)52-45(56)60/h4-12,21-22,24-25,27,29,51H,13-20,23H2,1-3H3,(H2,50,58)(H,52,57,60). The summed E-state index contributed by atoms with van der Waals surface area (Å²) in [6.45, 7) is 3.57. The zero-order valence-corrected chi connectivity index (χ0v) is 35.6. The highest BCUT2D eigenvalue weighted by atomic mass is 35.5. The van der Waals surface area contributed by atoms with Gasteiger partial charge in [-0.1, -0.05) is 48.9 Å². The van der Waals surface area contributed by atoms with E-state index in [1.807, 2.05) is 60.4 Å². The lowest BCUT2D eigenvalue weighted by Gasteiger charge is -2.41. The largest absolute Gasteiger partial charge is 0.494 e. The number of imide groups is 1. The minimum Gasteiger partial charge on any atom is -0.494 e. The third-order valence-electron chi connectivity index (χ3n) is 13.1. The number of nitrogens with two attached hydrogens (primary N) is 1. The molecule has 3 fully saturated rings. The molecule has 1 saturated carbocycles. The lowest BCUT2D eigenvalue weighted by Crippen LogP contribution is -2.53. The van der Waals surface area contributed by atoms with Gasteiger partial charge in [-0.25, -0.2) is 13.6 Å². The van der Waals surface area contributed by atoms with Crippen LogP contribution in [0.2, 0.25) is 5.02 Å². The van der Waals surface area contributed by atoms with Crippen LogP contribution in [-0.4, -0.2) is 83.9 Å². The zero-order valence-electron chi connectivity index (χ0n) is 34.9. The third kappa shape index (κ3) is 7.38. The fourth-order valence-electron chi connectivity index (χ4n) is 9.55. The summed E-state index contributed by atoms with van der Waals surface area (Å²) in [7, 11) is 3.07. The van der Waals surface area contributed by atoms with E-state index in [1.54, 1.807) is 11.7 Å². The molecule has 14 nitrogen and oxygen atoms in total. The number of carbonyl (C=O) groups is 4. The Morgan fingerprint density at radius 3 is 2.48 bits per heavy atom. The number of urea groups is 1. The molecule has 4 aromatic carbocycles. The monoisotopic (exact) mass is 881 g/mol. The molecule has 3 aliphatic heterocycles. The van der Waals surface area contributed by atoms with Gasteiger partial charge >= 0.3 is 6.03 Å². The Morgan fingerprint density at radius 1 is 1.03 bits per heavy atom. The van der Waals surface area contributed by atoms with Crippen LogP contribution in [0.4, 0.5) is 19.4 Å². The van der Waals surface area contributed by atoms with Gasteiger partial charge in [-0.15, -0.1) is 0 Å². The molecule has 5 amide bonds. The number of nitrogens with zero attached hydrogens (tertiary/aromatic N) is 4. The number of hydrogen-bond donors (Lipinski definition) is 3. The highest BCUT2D eigenvalue weighted by Gasteiger charge is 2.50. The first-order valence-corrected chi connectivity index (χ1v) is 21.4. The summed E-state index contributed by atoms with van der Waals surface area (Å²) < 4.78 is 51.8. The summed E-state index contributed by atoms with van der Waals surface area (Å²) in [4.78, 5) is 53.8. The van der Waals surface area contributed by atoms with Crippen LogP contribution in [0.5, 0.6) is 17.2 Å². The Balaban J connectivity index is 0.851. The van der Waals surface area contributed by atoms with E-state index in [4.69, 9.17) is 31.5 Å². The molecule has 63 heavy (non-hydrogen) atoms. The first kappa shape index (κ1) is 42.1. The van der Waals surface area contributed by atoms with Crippen LogP contribution >= 0.6 is 11.6 Å². The van der Waals surface area contributed by atoms with Gasteiger partial charge in [0.2, 0.25) is 17.7 Å². The number of benzene rings is 4. The average Bonchev–Trinajstić information content (AvgIpc) is 3.74. The van der Waals surface area contributed by atoms with Crippen molar-refractivity contribution in [3.63, 3.8) is 0 Å². The molecule has 17 heteroatoms. The summed E-state index contributed by atoms with van der Waals surface area (Å²) >= 11 is 6.67. The topological polar surface area (TPSA) is 170 Å². The number of ether oxygens (including phenoxy) is 3. The maximum atomic E-state index is 16.2. The predicted octanol–water partition coefficient (Wildman–Crippen LogP) is 6.56. The van der Waals surface area contributed by atoms with E-state index < -0.39 is 35.1 Å². The van der Waals surface area contributed by atoms with Gasteiger partial charge in [0.25, 0.3) is 0 Å². The molecule has 1 aliphatic carbocycles. The molecule has 2 unspecified atom stereocenters. The number of piperidine rings is 1. The number of likely N-dealkylation sites (tertiary alicyclic amines) is 1. The number of amides is 5. The molecule has 5 aromatic rings. The summed E-state index contributed by atoms with van der Waals surface area (Å²) in [5.41, 5.74) is 6.16. The lowest BCUT2D eigenvalue weighted by molar-refractivity contribution is -0.142. The van der Waals surface area contributed by atoms with Crippen molar-refractivity contribution in [3.05, 3.63) is 100 Å². The molecule has 1 aromatic heterocycles. The van der Waals surface area contributed by atoms with Gasteiger partial charge in [0.1, 0.15) is 23.4 Å². The van der Waals surface area contributed by atoms with Crippen LogP contribution in [0, 0.1) is 17.6 Å². The maximum Gasteiger partial charge on any atom is 0.329 e. The molecule has 4 aliphatic rings. The Kier molecular flexibility index (Phi) is 11.0. The first-order chi connectivity index (χ1) is 30.3. The summed E-state index contributed by atoms with van der Waals surface area (Å²) in [5.74, 6) is -2.43. The molecule has 4 N–H and O–H groups in total. The quantitative estimate of drug-likeness (QED) is 0.133.